The summed E-state index contributed by atoms with van der Waals surface area (Å²) >= 11 is 6.24. The molecule has 11 heteroatoms. The second kappa shape index (κ2) is 13.7. The summed E-state index contributed by atoms with van der Waals surface area (Å²) in [7, 11) is -4.19. The van der Waals surface area contributed by atoms with Crippen LogP contribution in [0.1, 0.15) is 44.6 Å². The Kier molecular flexibility index (Phi) is 9.77. The summed E-state index contributed by atoms with van der Waals surface area (Å²) in [6.45, 7) is 1.90. The molecule has 5 rings (SSSR count). The Morgan fingerprint density at radius 3 is 2.37 bits per heavy atom. The van der Waals surface area contributed by atoms with Crippen molar-refractivity contribution in [2.75, 3.05) is 24.1 Å². The van der Waals surface area contributed by atoms with Crippen LogP contribution >= 0.6 is 11.6 Å². The third-order valence-electron chi connectivity index (χ3n) is 7.78. The normalized spacial score (nSPS) is 15.8. The molecule has 9 nitrogen and oxygen atoms in total. The fraction of sp³-hybridized carbons (Fsp3) is 0.375. The molecule has 0 aromatic heterocycles. The molecule has 0 radical (unpaired) electrons. The zero-order valence-corrected chi connectivity index (χ0v) is 25.6. The van der Waals surface area contributed by atoms with Crippen LogP contribution in [0.15, 0.2) is 77.7 Å². The molecule has 1 aliphatic heterocycles. The number of benzene rings is 3. The van der Waals surface area contributed by atoms with Gasteiger partial charge in [0.05, 0.1) is 10.6 Å². The molecule has 1 saturated carbocycles. The molecule has 3 aromatic carbocycles. The van der Waals surface area contributed by atoms with Crippen LogP contribution in [0.25, 0.3) is 0 Å². The molecule has 0 bridgehead atoms. The van der Waals surface area contributed by atoms with Crippen LogP contribution in [-0.2, 0) is 26.2 Å². The number of ether oxygens (including phenoxy) is 2. The van der Waals surface area contributed by atoms with Gasteiger partial charge in [0.25, 0.3) is 10.0 Å². The molecule has 2 aliphatic rings. The molecule has 1 heterocycles. The molecular formula is C32H36ClN3O6S. The molecule has 3 aromatic rings. The highest BCUT2D eigenvalue weighted by atomic mass is 35.5. The number of anilines is 1. The Bertz CT molecular complexity index is 1550. The minimum absolute atomic E-state index is 0.0298. The van der Waals surface area contributed by atoms with E-state index in [-0.39, 0.29) is 29.1 Å². The van der Waals surface area contributed by atoms with E-state index in [9.17, 15) is 18.0 Å². The van der Waals surface area contributed by atoms with E-state index in [1.165, 1.54) is 17.0 Å². The highest BCUT2D eigenvalue weighted by Gasteiger charge is 2.34. The Balaban J connectivity index is 1.48. The van der Waals surface area contributed by atoms with E-state index in [0.717, 1.165) is 42.0 Å². The van der Waals surface area contributed by atoms with Crippen molar-refractivity contribution < 1.29 is 27.5 Å². The van der Waals surface area contributed by atoms with Crippen molar-refractivity contribution in [3.05, 3.63) is 83.4 Å². The number of fused-ring (bicyclic) bond motifs is 1. The first-order valence-electron chi connectivity index (χ1n) is 14.5. The number of halogens is 1. The summed E-state index contributed by atoms with van der Waals surface area (Å²) in [5.41, 5.74) is 0.957. The van der Waals surface area contributed by atoms with E-state index in [0.29, 0.717) is 29.7 Å². The molecule has 228 valence electrons. The lowest BCUT2D eigenvalue weighted by atomic mass is 9.95. The Hall–Kier alpha value is -3.76. The largest absolute Gasteiger partial charge is 0.486 e. The van der Waals surface area contributed by atoms with Gasteiger partial charge in [0.2, 0.25) is 11.8 Å². The molecule has 1 atom stereocenters. The van der Waals surface area contributed by atoms with Crippen LogP contribution in [0.4, 0.5) is 5.69 Å². The predicted molar refractivity (Wildman–Crippen MR) is 165 cm³/mol. The molecular weight excluding hydrogens is 590 g/mol. The first-order chi connectivity index (χ1) is 20.7. The number of carbonyl (C=O) groups excluding carboxylic acids is 2. The summed E-state index contributed by atoms with van der Waals surface area (Å²) in [6, 6.07) is 18.9. The van der Waals surface area contributed by atoms with Crippen molar-refractivity contribution in [3.63, 3.8) is 0 Å². The quantitative estimate of drug-likeness (QED) is 0.333. The molecule has 0 saturated heterocycles. The number of amides is 2. The fourth-order valence-electron chi connectivity index (χ4n) is 5.42. The molecule has 2 amide bonds. The Labute approximate surface area is 257 Å². The highest BCUT2D eigenvalue weighted by Crippen LogP contribution is 2.36. The Morgan fingerprint density at radius 2 is 1.65 bits per heavy atom. The maximum Gasteiger partial charge on any atom is 0.264 e. The lowest BCUT2D eigenvalue weighted by molar-refractivity contribution is -0.139. The van der Waals surface area contributed by atoms with Gasteiger partial charge in [-0.3, -0.25) is 13.9 Å². The number of carbonyl (C=O) groups is 2. The zero-order chi connectivity index (χ0) is 30.4. The van der Waals surface area contributed by atoms with Crippen molar-refractivity contribution in [1.29, 1.82) is 0 Å². The van der Waals surface area contributed by atoms with Crippen LogP contribution in [-0.4, -0.2) is 57.0 Å². The zero-order valence-electron chi connectivity index (χ0n) is 24.1. The van der Waals surface area contributed by atoms with Crippen molar-refractivity contribution in [3.8, 4) is 11.5 Å². The number of hydrogen-bond acceptors (Lipinski definition) is 6. The van der Waals surface area contributed by atoms with E-state index >= 15 is 0 Å². The average molecular weight is 626 g/mol. The second-order valence-electron chi connectivity index (χ2n) is 10.8. The van der Waals surface area contributed by atoms with Gasteiger partial charge in [-0.25, -0.2) is 8.42 Å². The van der Waals surface area contributed by atoms with Crippen molar-refractivity contribution in [1.82, 2.24) is 10.2 Å². The van der Waals surface area contributed by atoms with Gasteiger partial charge in [0.1, 0.15) is 25.8 Å². The first-order valence-corrected chi connectivity index (χ1v) is 16.4. The fourth-order valence-corrected chi connectivity index (χ4v) is 7.06. The number of rotatable bonds is 10. The van der Waals surface area contributed by atoms with E-state index in [2.05, 4.69) is 5.32 Å². The summed E-state index contributed by atoms with van der Waals surface area (Å²) < 4.78 is 40.4. The van der Waals surface area contributed by atoms with Crippen molar-refractivity contribution in [2.45, 2.75) is 62.6 Å². The summed E-state index contributed by atoms with van der Waals surface area (Å²) in [5, 5.41) is 3.60. The van der Waals surface area contributed by atoms with Crippen LogP contribution in [0.2, 0.25) is 5.02 Å². The van der Waals surface area contributed by atoms with Gasteiger partial charge in [0.15, 0.2) is 11.5 Å². The number of nitrogens with one attached hydrogen (secondary N) is 1. The molecule has 0 unspecified atom stereocenters. The number of nitrogens with zero attached hydrogens (tertiary/aromatic N) is 2. The van der Waals surface area contributed by atoms with Gasteiger partial charge in [-0.1, -0.05) is 61.2 Å². The molecule has 1 fully saturated rings. The van der Waals surface area contributed by atoms with Gasteiger partial charge in [-0.05, 0) is 61.7 Å². The van der Waals surface area contributed by atoms with Gasteiger partial charge in [-0.2, -0.15) is 0 Å². The monoisotopic (exact) mass is 625 g/mol. The second-order valence-corrected chi connectivity index (χ2v) is 13.1. The van der Waals surface area contributed by atoms with Gasteiger partial charge in [0, 0.05) is 23.7 Å². The minimum Gasteiger partial charge on any atom is -0.486 e. The van der Waals surface area contributed by atoms with E-state index in [4.69, 9.17) is 21.1 Å². The summed E-state index contributed by atoms with van der Waals surface area (Å²) in [4.78, 5) is 29.1. The lowest BCUT2D eigenvalue weighted by Gasteiger charge is -2.33. The molecule has 0 spiro atoms. The SMILES string of the molecule is C[C@H](C(=O)NC1CCCCC1)N(Cc1cccc(Cl)c1)C(=O)CN(c1ccc2c(c1)OCCO2)S(=O)(=O)c1ccccc1. The lowest BCUT2D eigenvalue weighted by Crippen LogP contribution is -2.53. The smallest absolute Gasteiger partial charge is 0.264 e. The highest BCUT2D eigenvalue weighted by molar-refractivity contribution is 7.92. The number of hydrogen-bond donors (Lipinski definition) is 1. The maximum absolute atomic E-state index is 14.2. The summed E-state index contributed by atoms with van der Waals surface area (Å²) in [6.07, 6.45) is 5.04. The van der Waals surface area contributed by atoms with E-state index in [1.54, 1.807) is 61.5 Å². The predicted octanol–water partition coefficient (Wildman–Crippen LogP) is 5.17. The molecule has 1 aliphatic carbocycles. The third kappa shape index (κ3) is 7.43. The van der Waals surface area contributed by atoms with Gasteiger partial charge in [-0.15, -0.1) is 0 Å². The third-order valence-corrected chi connectivity index (χ3v) is 9.81. The van der Waals surface area contributed by atoms with E-state index in [1.807, 2.05) is 6.07 Å². The van der Waals surface area contributed by atoms with Gasteiger partial charge < -0.3 is 19.7 Å². The van der Waals surface area contributed by atoms with Gasteiger partial charge >= 0.3 is 0 Å². The van der Waals surface area contributed by atoms with Crippen LogP contribution in [0.5, 0.6) is 11.5 Å². The van der Waals surface area contributed by atoms with E-state index < -0.39 is 28.5 Å². The van der Waals surface area contributed by atoms with Crippen LogP contribution in [0, 0.1) is 0 Å². The first kappa shape index (κ1) is 30.7. The standard InChI is InChI=1S/C32H36ClN3O6S/c1-23(32(38)34-26-11-4-2-5-12-26)35(21-24-9-8-10-25(33)19-24)31(37)22-36(43(39,40)28-13-6-3-7-14-28)27-15-16-29-30(20-27)42-18-17-41-29/h3,6-10,13-16,19-20,23,26H,2,4-5,11-12,17-18,21-22H2,1H3,(H,34,38)/t23-/m1/s1. The number of sulfonamides is 1. The Morgan fingerprint density at radius 1 is 0.930 bits per heavy atom. The van der Waals surface area contributed by atoms with Crippen LogP contribution in [0.3, 0.4) is 0 Å². The summed E-state index contributed by atoms with van der Waals surface area (Å²) in [5.74, 6) is 0.0641. The molecule has 1 N–H and O–H groups in total. The minimum atomic E-state index is -4.19. The molecule has 43 heavy (non-hydrogen) atoms. The topological polar surface area (TPSA) is 105 Å². The maximum atomic E-state index is 14.2. The van der Waals surface area contributed by atoms with Crippen molar-refractivity contribution in [2.24, 2.45) is 0 Å². The average Bonchev–Trinajstić information content (AvgIpc) is 3.02. The van der Waals surface area contributed by atoms with Crippen LogP contribution < -0.4 is 19.1 Å². The van der Waals surface area contributed by atoms with Crippen molar-refractivity contribution >= 4 is 39.1 Å².